The lowest BCUT2D eigenvalue weighted by Crippen LogP contribution is -2.29. The van der Waals surface area contributed by atoms with Crippen LogP contribution in [0, 0.1) is 0 Å². The van der Waals surface area contributed by atoms with Gasteiger partial charge in [-0.3, -0.25) is 4.79 Å². The smallest absolute Gasteiger partial charge is 0.320 e. The summed E-state index contributed by atoms with van der Waals surface area (Å²) >= 11 is 0. The van der Waals surface area contributed by atoms with Crippen LogP contribution in [0.4, 0.5) is 0 Å². The monoisotopic (exact) mass is 530 g/mol. The first kappa shape index (κ1) is 24.0. The molecule has 0 fully saturated rings. The van der Waals surface area contributed by atoms with E-state index in [9.17, 15) is 4.79 Å². The summed E-state index contributed by atoms with van der Waals surface area (Å²) in [6.45, 7) is 0.604. The molecule has 0 aliphatic carbocycles. The fraction of sp³-hybridized carbons (Fsp3) is 0.833. The van der Waals surface area contributed by atoms with Gasteiger partial charge in [-0.1, -0.05) is 6.42 Å². The maximum atomic E-state index is 10.1. The summed E-state index contributed by atoms with van der Waals surface area (Å²) in [7, 11) is 0. The lowest BCUT2D eigenvalue weighted by atomic mass is 10.1. The zero-order valence-corrected chi connectivity index (χ0v) is 14.1. The zero-order valence-electron chi connectivity index (χ0n) is 7.14. The fourth-order valence-corrected chi connectivity index (χ4v) is 0.632. The van der Waals surface area contributed by atoms with Crippen molar-refractivity contribution >= 4 is 77.9 Å². The van der Waals surface area contributed by atoms with Crippen molar-refractivity contribution in [1.82, 2.24) is 0 Å². The molecule has 0 rings (SSSR count). The number of aliphatic carboxylic acids is 1. The molecule has 0 unspecified atom stereocenters. The minimum Gasteiger partial charge on any atom is -0.480 e. The lowest BCUT2D eigenvalue weighted by molar-refractivity contribution is -0.138. The summed E-state index contributed by atoms with van der Waals surface area (Å²) in [5.74, 6) is -0.933. The molecule has 1 atom stereocenters. The molecule has 0 aliphatic rings. The van der Waals surface area contributed by atoms with Crippen molar-refractivity contribution in [2.75, 3.05) is 6.54 Å². The Morgan fingerprint density at radius 2 is 1.69 bits per heavy atom. The summed E-state index contributed by atoms with van der Waals surface area (Å²) < 4.78 is 0. The molecule has 0 aromatic rings. The first-order valence-corrected chi connectivity index (χ1v) is 3.37. The quantitative estimate of drug-likeness (QED) is 0.371. The van der Waals surface area contributed by atoms with Gasteiger partial charge in [-0.25, -0.2) is 0 Å². The molecule has 0 spiro atoms. The Morgan fingerprint density at radius 1 is 1.23 bits per heavy atom. The second kappa shape index (κ2) is 16.0. The summed E-state index contributed by atoms with van der Waals surface area (Å²) in [4.78, 5) is 10.1. The molecule has 7 heteroatoms. The highest BCUT2D eigenvalue weighted by Gasteiger charge is 2.09. The van der Waals surface area contributed by atoms with E-state index in [1.807, 2.05) is 0 Å². The molecule has 0 saturated heterocycles. The first-order chi connectivity index (χ1) is 4.68. The van der Waals surface area contributed by atoms with E-state index in [1.165, 1.54) is 0 Å². The van der Waals surface area contributed by atoms with Crippen molar-refractivity contribution in [3.05, 3.63) is 0 Å². The molecule has 0 aliphatic heterocycles. The van der Waals surface area contributed by atoms with Gasteiger partial charge in [-0.2, -0.15) is 0 Å². The van der Waals surface area contributed by atoms with Crippen LogP contribution in [-0.4, -0.2) is 23.7 Å². The van der Waals surface area contributed by atoms with E-state index in [2.05, 4.69) is 0 Å². The van der Waals surface area contributed by atoms with Gasteiger partial charge in [0.2, 0.25) is 0 Å². The van der Waals surface area contributed by atoms with Crippen LogP contribution in [0.3, 0.4) is 0 Å². The Bertz CT molecular complexity index is 116. The highest BCUT2D eigenvalue weighted by molar-refractivity contribution is 14.0. The van der Waals surface area contributed by atoms with Crippen LogP contribution >= 0.6 is 71.9 Å². The number of hydrogen-bond donors (Lipinski definition) is 3. The number of hydrogen-bond acceptors (Lipinski definition) is 3. The van der Waals surface area contributed by atoms with E-state index in [-0.39, 0.29) is 71.9 Å². The third-order valence-corrected chi connectivity index (χ3v) is 1.29. The summed E-state index contributed by atoms with van der Waals surface area (Å²) in [6, 6.07) is -0.716. The molecule has 0 amide bonds. The van der Waals surface area contributed by atoms with Crippen molar-refractivity contribution < 1.29 is 9.90 Å². The van der Waals surface area contributed by atoms with E-state index in [0.29, 0.717) is 13.0 Å². The first-order valence-electron chi connectivity index (χ1n) is 3.37. The molecular weight excluding hydrogens is 513 g/mol. The van der Waals surface area contributed by atoms with Crippen LogP contribution in [0.2, 0.25) is 0 Å². The van der Waals surface area contributed by atoms with Gasteiger partial charge < -0.3 is 16.6 Å². The van der Waals surface area contributed by atoms with E-state index >= 15 is 0 Å². The topological polar surface area (TPSA) is 89.3 Å². The molecule has 84 valence electrons. The van der Waals surface area contributed by atoms with E-state index in [1.54, 1.807) is 0 Å². The SMILES string of the molecule is I.I.I.NCCCC[C@@H](N)C(=O)O. The number of carbonyl (C=O) groups is 1. The predicted octanol–water partition coefficient (Wildman–Crippen LogP) is 1.38. The van der Waals surface area contributed by atoms with Gasteiger partial charge in [-0.15, -0.1) is 71.9 Å². The molecule has 0 radical (unpaired) electrons. The lowest BCUT2D eigenvalue weighted by Gasteiger charge is -2.03. The van der Waals surface area contributed by atoms with Crippen molar-refractivity contribution in [3.63, 3.8) is 0 Å². The minimum atomic E-state index is -0.933. The van der Waals surface area contributed by atoms with Crippen LogP contribution in [0.25, 0.3) is 0 Å². The van der Waals surface area contributed by atoms with Gasteiger partial charge in [-0.05, 0) is 19.4 Å². The summed E-state index contributed by atoms with van der Waals surface area (Å²) in [6.07, 6.45) is 2.16. The average molecular weight is 530 g/mol. The maximum Gasteiger partial charge on any atom is 0.320 e. The summed E-state index contributed by atoms with van der Waals surface area (Å²) in [5, 5.41) is 8.33. The van der Waals surface area contributed by atoms with Crippen LogP contribution in [0.15, 0.2) is 0 Å². The Labute approximate surface area is 130 Å². The molecule has 0 aromatic heterocycles. The minimum absolute atomic E-state index is 0. The molecule has 5 N–H and O–H groups in total. The van der Waals surface area contributed by atoms with Gasteiger partial charge in [0.15, 0.2) is 0 Å². The standard InChI is InChI=1S/C6H14N2O2.3HI/c7-4-2-1-3-5(8)6(9)10;;;/h5H,1-4,7-8H2,(H,9,10);3*1H/t5-;;;/m1.../s1. The summed E-state index contributed by atoms with van der Waals surface area (Å²) in [5.41, 5.74) is 10.4. The average Bonchev–Trinajstić information content (AvgIpc) is 1.88. The number of nitrogens with two attached hydrogens (primary N) is 2. The molecule has 13 heavy (non-hydrogen) atoms. The third kappa shape index (κ3) is 16.3. The van der Waals surface area contributed by atoms with Crippen molar-refractivity contribution in [1.29, 1.82) is 0 Å². The number of halogens is 3. The molecular formula is C6H17I3N2O2. The van der Waals surface area contributed by atoms with E-state index in [4.69, 9.17) is 16.6 Å². The third-order valence-electron chi connectivity index (χ3n) is 1.29. The Hall–Kier alpha value is 1.58. The van der Waals surface area contributed by atoms with Gasteiger partial charge in [0, 0.05) is 0 Å². The van der Waals surface area contributed by atoms with Crippen LogP contribution in [-0.2, 0) is 4.79 Å². The molecule has 4 nitrogen and oxygen atoms in total. The highest BCUT2D eigenvalue weighted by atomic mass is 127. The number of carboxylic acid groups (broad SMARTS) is 1. The molecule has 0 saturated carbocycles. The normalized spacial score (nSPS) is 10.0. The molecule has 0 heterocycles. The number of unbranched alkanes of at least 4 members (excludes halogenated alkanes) is 1. The van der Waals surface area contributed by atoms with Gasteiger partial charge in [0.1, 0.15) is 6.04 Å². The van der Waals surface area contributed by atoms with Crippen LogP contribution in [0.1, 0.15) is 19.3 Å². The predicted molar refractivity (Wildman–Crippen MR) is 84.8 cm³/mol. The van der Waals surface area contributed by atoms with E-state index < -0.39 is 12.0 Å². The fourth-order valence-electron chi connectivity index (χ4n) is 0.632. The van der Waals surface area contributed by atoms with Crippen molar-refractivity contribution in [3.8, 4) is 0 Å². The van der Waals surface area contributed by atoms with Crippen molar-refractivity contribution in [2.24, 2.45) is 11.5 Å². The Morgan fingerprint density at radius 3 is 2.00 bits per heavy atom. The van der Waals surface area contributed by atoms with Crippen LogP contribution < -0.4 is 11.5 Å². The molecule has 0 aromatic carbocycles. The van der Waals surface area contributed by atoms with Crippen LogP contribution in [0.5, 0.6) is 0 Å². The second-order valence-corrected chi connectivity index (χ2v) is 2.23. The Kier molecular flexibility index (Phi) is 29.6. The maximum absolute atomic E-state index is 10.1. The zero-order chi connectivity index (χ0) is 7.98. The highest BCUT2D eigenvalue weighted by Crippen LogP contribution is 1.96. The van der Waals surface area contributed by atoms with Gasteiger partial charge in [0.25, 0.3) is 0 Å². The number of rotatable bonds is 5. The van der Waals surface area contributed by atoms with E-state index in [0.717, 1.165) is 12.8 Å². The molecule has 0 bridgehead atoms. The van der Waals surface area contributed by atoms with Crippen molar-refractivity contribution in [2.45, 2.75) is 25.3 Å². The largest absolute Gasteiger partial charge is 0.480 e. The van der Waals surface area contributed by atoms with Gasteiger partial charge in [0.05, 0.1) is 0 Å². The second-order valence-electron chi connectivity index (χ2n) is 2.23. The number of carboxylic acids is 1. The van der Waals surface area contributed by atoms with Gasteiger partial charge >= 0.3 is 5.97 Å². The Balaban J connectivity index is -0.000000135.